The van der Waals surface area contributed by atoms with E-state index in [9.17, 15) is 4.79 Å². The Balaban J connectivity index is 1.94. The summed E-state index contributed by atoms with van der Waals surface area (Å²) in [6, 6.07) is 1.94. The van der Waals surface area contributed by atoms with E-state index in [0.717, 1.165) is 22.4 Å². The van der Waals surface area contributed by atoms with E-state index in [4.69, 9.17) is 0 Å². The van der Waals surface area contributed by atoms with E-state index >= 15 is 0 Å². The Labute approximate surface area is 102 Å². The summed E-state index contributed by atoms with van der Waals surface area (Å²) >= 11 is 4.94. The smallest absolute Gasteiger partial charge is 0.174 e. The summed E-state index contributed by atoms with van der Waals surface area (Å²) in [5.74, 6) is 0.811. The molecule has 0 bridgehead atoms. The second-order valence-electron chi connectivity index (χ2n) is 3.94. The van der Waals surface area contributed by atoms with Crippen LogP contribution in [0, 0.1) is 5.92 Å². The molecular formula is C11H14BrNOS. The predicted octanol–water partition coefficient (Wildman–Crippen LogP) is 3.08. The number of piperidine rings is 1. The summed E-state index contributed by atoms with van der Waals surface area (Å²) in [7, 11) is 0. The number of hydrogen-bond donors (Lipinski definition) is 1. The van der Waals surface area contributed by atoms with Gasteiger partial charge in [0, 0.05) is 10.9 Å². The highest BCUT2D eigenvalue weighted by molar-refractivity contribution is 9.10. The molecule has 15 heavy (non-hydrogen) atoms. The van der Waals surface area contributed by atoms with Crippen LogP contribution in [0.3, 0.4) is 0 Å². The monoisotopic (exact) mass is 287 g/mol. The molecule has 1 aromatic heterocycles. The van der Waals surface area contributed by atoms with Gasteiger partial charge in [-0.3, -0.25) is 4.79 Å². The van der Waals surface area contributed by atoms with Gasteiger partial charge < -0.3 is 5.32 Å². The molecule has 1 fully saturated rings. The van der Waals surface area contributed by atoms with Crippen LogP contribution in [-0.2, 0) is 0 Å². The largest absolute Gasteiger partial charge is 0.316 e. The van der Waals surface area contributed by atoms with Crippen molar-refractivity contribution >= 4 is 33.0 Å². The molecule has 2 rings (SSSR count). The normalized spacial score (nSPS) is 21.5. The maximum Gasteiger partial charge on any atom is 0.174 e. The van der Waals surface area contributed by atoms with E-state index < -0.39 is 0 Å². The van der Waals surface area contributed by atoms with E-state index in [1.807, 2.05) is 11.4 Å². The van der Waals surface area contributed by atoms with Crippen molar-refractivity contribution in [2.45, 2.75) is 19.3 Å². The molecule has 1 atom stereocenters. The number of carbonyl (C=O) groups excluding carboxylic acids is 1. The molecule has 1 saturated heterocycles. The quantitative estimate of drug-likeness (QED) is 0.866. The molecule has 1 aliphatic heterocycles. The average Bonchev–Trinajstić information content (AvgIpc) is 2.66. The van der Waals surface area contributed by atoms with Gasteiger partial charge in [0.25, 0.3) is 0 Å². The minimum absolute atomic E-state index is 0.283. The summed E-state index contributed by atoms with van der Waals surface area (Å²) in [4.78, 5) is 12.8. The minimum atomic E-state index is 0.283. The van der Waals surface area contributed by atoms with Crippen molar-refractivity contribution in [1.29, 1.82) is 0 Å². The third kappa shape index (κ3) is 2.89. The van der Waals surface area contributed by atoms with Crippen molar-refractivity contribution < 1.29 is 4.79 Å². The van der Waals surface area contributed by atoms with Gasteiger partial charge >= 0.3 is 0 Å². The van der Waals surface area contributed by atoms with Crippen molar-refractivity contribution in [3.63, 3.8) is 0 Å². The fourth-order valence-corrected chi connectivity index (χ4v) is 3.49. The van der Waals surface area contributed by atoms with Gasteiger partial charge in [0.1, 0.15) is 0 Å². The lowest BCUT2D eigenvalue weighted by Gasteiger charge is -2.21. The Kier molecular flexibility index (Phi) is 3.94. The molecule has 1 unspecified atom stereocenters. The van der Waals surface area contributed by atoms with Crippen LogP contribution in [0.2, 0.25) is 0 Å². The number of ketones is 1. The lowest BCUT2D eigenvalue weighted by molar-refractivity contribution is 0.0957. The summed E-state index contributed by atoms with van der Waals surface area (Å²) in [5, 5.41) is 5.29. The fraction of sp³-hybridized carbons (Fsp3) is 0.545. The zero-order valence-corrected chi connectivity index (χ0v) is 10.9. The number of nitrogens with one attached hydrogen (secondary N) is 1. The van der Waals surface area contributed by atoms with Crippen LogP contribution >= 0.6 is 27.3 Å². The molecule has 2 heterocycles. The van der Waals surface area contributed by atoms with Crippen LogP contribution in [0.1, 0.15) is 28.9 Å². The summed E-state index contributed by atoms with van der Waals surface area (Å²) in [6.45, 7) is 2.10. The van der Waals surface area contributed by atoms with Crippen LogP contribution < -0.4 is 5.32 Å². The fourth-order valence-electron chi connectivity index (χ4n) is 1.95. The van der Waals surface area contributed by atoms with Crippen molar-refractivity contribution in [3.05, 3.63) is 20.8 Å². The molecule has 4 heteroatoms. The maximum absolute atomic E-state index is 11.9. The third-order valence-corrected chi connectivity index (χ3v) is 4.62. The van der Waals surface area contributed by atoms with E-state index in [2.05, 4.69) is 21.2 Å². The van der Waals surface area contributed by atoms with E-state index in [-0.39, 0.29) is 5.78 Å². The second kappa shape index (κ2) is 5.23. The second-order valence-corrected chi connectivity index (χ2v) is 5.71. The topological polar surface area (TPSA) is 29.1 Å². The average molecular weight is 288 g/mol. The number of hydrogen-bond acceptors (Lipinski definition) is 3. The van der Waals surface area contributed by atoms with Gasteiger partial charge in [0.05, 0.1) is 4.88 Å². The lowest BCUT2D eigenvalue weighted by Crippen LogP contribution is -2.30. The standard InChI is InChI=1S/C11H14BrNOS/c12-9-3-5-15-11(9)10(14)6-8-2-1-4-13-7-8/h3,5,8,13H,1-2,4,6-7H2. The van der Waals surface area contributed by atoms with Crippen molar-refractivity contribution in [3.8, 4) is 0 Å². The Bertz CT molecular complexity index is 344. The molecule has 0 radical (unpaired) electrons. The van der Waals surface area contributed by atoms with E-state index in [1.165, 1.54) is 24.2 Å². The minimum Gasteiger partial charge on any atom is -0.316 e. The zero-order chi connectivity index (χ0) is 10.7. The Morgan fingerprint density at radius 1 is 1.67 bits per heavy atom. The van der Waals surface area contributed by atoms with Crippen LogP contribution in [0.25, 0.3) is 0 Å². The molecule has 1 N–H and O–H groups in total. The number of halogens is 1. The van der Waals surface area contributed by atoms with Gasteiger partial charge in [0.15, 0.2) is 5.78 Å². The molecule has 1 aromatic rings. The number of thiophene rings is 1. The van der Waals surface area contributed by atoms with E-state index in [1.54, 1.807) is 0 Å². The first-order valence-electron chi connectivity index (χ1n) is 5.24. The van der Waals surface area contributed by atoms with Gasteiger partial charge in [-0.2, -0.15) is 0 Å². The van der Waals surface area contributed by atoms with E-state index in [0.29, 0.717) is 12.3 Å². The number of rotatable bonds is 3. The predicted molar refractivity (Wildman–Crippen MR) is 66.6 cm³/mol. The lowest BCUT2D eigenvalue weighted by atomic mass is 9.94. The molecule has 0 amide bonds. The van der Waals surface area contributed by atoms with Crippen molar-refractivity contribution in [2.24, 2.45) is 5.92 Å². The number of Topliss-reactive ketones (excluding diaryl/α,β-unsaturated/α-hetero) is 1. The molecule has 2 nitrogen and oxygen atoms in total. The number of carbonyl (C=O) groups is 1. The molecule has 0 aromatic carbocycles. The highest BCUT2D eigenvalue weighted by atomic mass is 79.9. The molecule has 0 saturated carbocycles. The van der Waals surface area contributed by atoms with Crippen molar-refractivity contribution in [1.82, 2.24) is 5.32 Å². The Hall–Kier alpha value is -0.190. The highest BCUT2D eigenvalue weighted by Gasteiger charge is 2.19. The maximum atomic E-state index is 11.9. The summed E-state index contributed by atoms with van der Waals surface area (Å²) in [5.41, 5.74) is 0. The summed E-state index contributed by atoms with van der Waals surface area (Å²) in [6.07, 6.45) is 3.07. The molecule has 82 valence electrons. The Morgan fingerprint density at radius 3 is 3.13 bits per heavy atom. The van der Waals surface area contributed by atoms with Gasteiger partial charge in [-0.1, -0.05) is 0 Å². The van der Waals surface area contributed by atoms with Gasteiger partial charge in [0.2, 0.25) is 0 Å². The van der Waals surface area contributed by atoms with Crippen molar-refractivity contribution in [2.75, 3.05) is 13.1 Å². The SMILES string of the molecule is O=C(CC1CCCNC1)c1sccc1Br. The Morgan fingerprint density at radius 2 is 2.53 bits per heavy atom. The first kappa shape index (κ1) is 11.3. The van der Waals surface area contributed by atoms with Crippen LogP contribution in [0.4, 0.5) is 0 Å². The van der Waals surface area contributed by atoms with Gasteiger partial charge in [-0.25, -0.2) is 0 Å². The zero-order valence-electron chi connectivity index (χ0n) is 8.46. The van der Waals surface area contributed by atoms with Gasteiger partial charge in [-0.15, -0.1) is 11.3 Å². The van der Waals surface area contributed by atoms with Crippen LogP contribution in [0.5, 0.6) is 0 Å². The summed E-state index contributed by atoms with van der Waals surface area (Å²) < 4.78 is 0.946. The first-order valence-corrected chi connectivity index (χ1v) is 6.91. The van der Waals surface area contributed by atoms with Crippen LogP contribution in [-0.4, -0.2) is 18.9 Å². The molecule has 0 aliphatic carbocycles. The molecule has 1 aliphatic rings. The molecule has 0 spiro atoms. The van der Waals surface area contributed by atoms with Gasteiger partial charge in [-0.05, 0) is 59.2 Å². The highest BCUT2D eigenvalue weighted by Crippen LogP contribution is 2.26. The third-order valence-electron chi connectivity index (χ3n) is 2.74. The van der Waals surface area contributed by atoms with Crippen LogP contribution in [0.15, 0.2) is 15.9 Å². The molecular weight excluding hydrogens is 274 g/mol. The first-order chi connectivity index (χ1) is 7.27.